The van der Waals surface area contributed by atoms with Crippen LogP contribution in [0.5, 0.6) is 11.5 Å². The van der Waals surface area contributed by atoms with E-state index in [1.807, 2.05) is 6.07 Å². The van der Waals surface area contributed by atoms with Crippen LogP contribution < -0.4 is 9.47 Å². The van der Waals surface area contributed by atoms with Crippen molar-refractivity contribution in [3.63, 3.8) is 0 Å². The summed E-state index contributed by atoms with van der Waals surface area (Å²) in [6.45, 7) is 8.55. The minimum absolute atomic E-state index is 0.782. The number of rotatable bonds is 10. The molecule has 0 spiro atoms. The molecule has 0 aromatic heterocycles. The molecule has 1 aromatic carbocycles. The van der Waals surface area contributed by atoms with Gasteiger partial charge in [0.15, 0.2) is 11.5 Å². The quantitative estimate of drug-likeness (QED) is 0.571. The Morgan fingerprint density at radius 3 is 2.38 bits per heavy atom. The third-order valence-electron chi connectivity index (χ3n) is 4.07. The fraction of sp³-hybridized carbons (Fsp3) is 0.524. The molecule has 134 valence electrons. The molecule has 0 bridgehead atoms. The van der Waals surface area contributed by atoms with Gasteiger partial charge in [-0.1, -0.05) is 29.4 Å². The molecule has 0 saturated carbocycles. The highest BCUT2D eigenvalue weighted by Crippen LogP contribution is 2.27. The first-order valence-electron chi connectivity index (χ1n) is 8.64. The van der Waals surface area contributed by atoms with Crippen LogP contribution >= 0.6 is 0 Å². The van der Waals surface area contributed by atoms with E-state index in [9.17, 15) is 0 Å². The van der Waals surface area contributed by atoms with Gasteiger partial charge in [0.05, 0.1) is 14.2 Å². The van der Waals surface area contributed by atoms with Gasteiger partial charge < -0.3 is 14.4 Å². The Hall–Kier alpha value is -1.74. The summed E-state index contributed by atoms with van der Waals surface area (Å²) >= 11 is 0. The van der Waals surface area contributed by atoms with E-state index in [-0.39, 0.29) is 0 Å². The monoisotopic (exact) mass is 331 g/mol. The second-order valence-corrected chi connectivity index (χ2v) is 6.57. The van der Waals surface area contributed by atoms with Gasteiger partial charge >= 0.3 is 0 Å². The van der Waals surface area contributed by atoms with E-state index in [1.54, 1.807) is 14.2 Å². The summed E-state index contributed by atoms with van der Waals surface area (Å²) in [6, 6.07) is 6.14. The second-order valence-electron chi connectivity index (χ2n) is 6.57. The molecule has 3 heteroatoms. The lowest BCUT2D eigenvalue weighted by atomic mass is 10.1. The zero-order valence-electron chi connectivity index (χ0n) is 16.2. The molecule has 0 atom stereocenters. The maximum absolute atomic E-state index is 5.36. The lowest BCUT2D eigenvalue weighted by Gasteiger charge is -2.16. The summed E-state index contributed by atoms with van der Waals surface area (Å²) in [5.41, 5.74) is 4.13. The molecule has 0 aliphatic rings. The van der Waals surface area contributed by atoms with Gasteiger partial charge in [-0.2, -0.15) is 0 Å². The van der Waals surface area contributed by atoms with Gasteiger partial charge in [0, 0.05) is 13.1 Å². The van der Waals surface area contributed by atoms with Gasteiger partial charge in [-0.3, -0.25) is 0 Å². The zero-order chi connectivity index (χ0) is 17.9. The van der Waals surface area contributed by atoms with Crippen molar-refractivity contribution in [2.24, 2.45) is 0 Å². The van der Waals surface area contributed by atoms with Crippen LogP contribution in [0.3, 0.4) is 0 Å². The minimum Gasteiger partial charge on any atom is -0.493 e. The number of benzene rings is 1. The Labute approximate surface area is 148 Å². The van der Waals surface area contributed by atoms with Crippen LogP contribution in [-0.2, 0) is 6.42 Å². The van der Waals surface area contributed by atoms with Gasteiger partial charge in [0.2, 0.25) is 0 Å². The van der Waals surface area contributed by atoms with Crippen LogP contribution in [-0.4, -0.2) is 39.3 Å². The van der Waals surface area contributed by atoms with Crippen LogP contribution in [0.25, 0.3) is 0 Å². The average molecular weight is 332 g/mol. The van der Waals surface area contributed by atoms with Crippen molar-refractivity contribution >= 4 is 0 Å². The summed E-state index contributed by atoms with van der Waals surface area (Å²) < 4.78 is 10.6. The number of hydrogen-bond acceptors (Lipinski definition) is 3. The molecule has 24 heavy (non-hydrogen) atoms. The van der Waals surface area contributed by atoms with E-state index in [4.69, 9.17) is 9.47 Å². The molecule has 0 heterocycles. The molecule has 0 aliphatic carbocycles. The van der Waals surface area contributed by atoms with E-state index in [0.29, 0.717) is 0 Å². The molecule has 0 radical (unpaired) electrons. The molecule has 0 aliphatic heterocycles. The summed E-state index contributed by atoms with van der Waals surface area (Å²) in [7, 11) is 5.51. The lowest BCUT2D eigenvalue weighted by molar-refractivity contribution is 0.353. The van der Waals surface area contributed by atoms with Crippen molar-refractivity contribution in [3.05, 3.63) is 47.1 Å². The molecule has 0 saturated heterocycles. The normalized spacial score (nSPS) is 11.5. The number of nitrogens with zero attached hydrogens (tertiary/aromatic N) is 1. The summed E-state index contributed by atoms with van der Waals surface area (Å²) in [5.74, 6) is 1.58. The summed E-state index contributed by atoms with van der Waals surface area (Å²) in [5, 5.41) is 0. The van der Waals surface area contributed by atoms with Crippen molar-refractivity contribution in [2.45, 2.75) is 40.0 Å². The van der Waals surface area contributed by atoms with Gasteiger partial charge in [0.1, 0.15) is 0 Å². The second kappa shape index (κ2) is 10.9. The smallest absolute Gasteiger partial charge is 0.160 e. The predicted molar refractivity (Wildman–Crippen MR) is 103 cm³/mol. The topological polar surface area (TPSA) is 21.7 Å². The number of ether oxygens (including phenoxy) is 2. The van der Waals surface area contributed by atoms with Crippen LogP contribution in [0.4, 0.5) is 0 Å². The van der Waals surface area contributed by atoms with Crippen LogP contribution in [0, 0.1) is 0 Å². The van der Waals surface area contributed by atoms with Gasteiger partial charge in [-0.25, -0.2) is 0 Å². The minimum atomic E-state index is 0.782. The number of likely N-dealkylation sites (N-methyl/N-ethyl adjacent to an activating group) is 1. The third-order valence-corrected chi connectivity index (χ3v) is 4.07. The molecule has 0 unspecified atom stereocenters. The van der Waals surface area contributed by atoms with Crippen molar-refractivity contribution in [1.29, 1.82) is 0 Å². The third kappa shape index (κ3) is 7.69. The van der Waals surface area contributed by atoms with E-state index < -0.39 is 0 Å². The molecular weight excluding hydrogens is 298 g/mol. The van der Waals surface area contributed by atoms with E-state index in [0.717, 1.165) is 43.9 Å². The average Bonchev–Trinajstić information content (AvgIpc) is 2.57. The first-order valence-corrected chi connectivity index (χ1v) is 8.64. The molecule has 0 N–H and O–H groups in total. The largest absolute Gasteiger partial charge is 0.493 e. The maximum atomic E-state index is 5.36. The lowest BCUT2D eigenvalue weighted by Crippen LogP contribution is -2.21. The Morgan fingerprint density at radius 1 is 1.04 bits per heavy atom. The van der Waals surface area contributed by atoms with Crippen LogP contribution in [0.2, 0.25) is 0 Å². The van der Waals surface area contributed by atoms with Gasteiger partial charge in [-0.05, 0) is 64.8 Å². The molecule has 0 amide bonds. The van der Waals surface area contributed by atoms with Crippen molar-refractivity contribution < 1.29 is 9.47 Å². The Bertz CT molecular complexity index is 557. The molecule has 0 fully saturated rings. The summed E-state index contributed by atoms with van der Waals surface area (Å²) in [4.78, 5) is 2.35. The molecule has 3 nitrogen and oxygen atoms in total. The molecular formula is C21H33NO2. The highest BCUT2D eigenvalue weighted by molar-refractivity contribution is 5.42. The Morgan fingerprint density at radius 2 is 1.75 bits per heavy atom. The Balaban J connectivity index is 2.43. The van der Waals surface area contributed by atoms with Crippen LogP contribution in [0.15, 0.2) is 41.5 Å². The standard InChI is InChI=1S/C21H33NO2/c1-17(2)8-7-9-18(3)12-14-22(4)15-13-19-10-11-20(23-5)21(16-19)24-6/h8,10-12,16H,7,9,13-15H2,1-6H3/b18-12+. The van der Waals surface area contributed by atoms with Gasteiger partial charge in [-0.15, -0.1) is 0 Å². The van der Waals surface area contributed by atoms with Crippen molar-refractivity contribution in [1.82, 2.24) is 4.90 Å². The predicted octanol–water partition coefficient (Wildman–Crippen LogP) is 4.87. The first-order chi connectivity index (χ1) is 11.5. The number of hydrogen-bond donors (Lipinski definition) is 0. The number of methoxy groups -OCH3 is 2. The molecule has 1 aromatic rings. The van der Waals surface area contributed by atoms with Gasteiger partial charge in [0.25, 0.3) is 0 Å². The first kappa shape index (κ1) is 20.3. The van der Waals surface area contributed by atoms with Crippen molar-refractivity contribution in [3.8, 4) is 11.5 Å². The fourth-order valence-electron chi connectivity index (χ4n) is 2.45. The summed E-state index contributed by atoms with van der Waals surface area (Å²) in [6.07, 6.45) is 7.93. The van der Waals surface area contributed by atoms with Crippen LogP contribution in [0.1, 0.15) is 39.2 Å². The highest BCUT2D eigenvalue weighted by Gasteiger charge is 2.05. The molecule has 1 rings (SSSR count). The van der Waals surface area contributed by atoms with E-state index >= 15 is 0 Å². The van der Waals surface area contributed by atoms with Crippen molar-refractivity contribution in [2.75, 3.05) is 34.4 Å². The number of allylic oxidation sites excluding steroid dienone is 3. The Kier molecular flexibility index (Phi) is 9.24. The zero-order valence-corrected chi connectivity index (χ0v) is 16.2. The maximum Gasteiger partial charge on any atom is 0.160 e. The van der Waals surface area contributed by atoms with E-state index in [2.05, 4.69) is 57.0 Å². The van der Waals surface area contributed by atoms with E-state index in [1.165, 1.54) is 16.7 Å². The SMILES string of the molecule is COc1ccc(CCN(C)C/C=C(\C)CCC=C(C)C)cc1OC. The highest BCUT2D eigenvalue weighted by atomic mass is 16.5. The fourth-order valence-corrected chi connectivity index (χ4v) is 2.45.